The van der Waals surface area contributed by atoms with Gasteiger partial charge in [0.05, 0.1) is 0 Å². The molecule has 5 N–H and O–H groups in total. The number of benzene rings is 1. The fourth-order valence-electron chi connectivity index (χ4n) is 1.95. The summed E-state index contributed by atoms with van der Waals surface area (Å²) in [5.41, 5.74) is 12.4. The van der Waals surface area contributed by atoms with Crippen LogP contribution in [-0.2, 0) is 5.41 Å². The molecule has 20 heavy (non-hydrogen) atoms. The minimum absolute atomic E-state index is 0.0884. The van der Waals surface area contributed by atoms with Gasteiger partial charge in [-0.3, -0.25) is 4.79 Å². The molecule has 6 heteroatoms. The third-order valence-electron chi connectivity index (χ3n) is 3.21. The Balaban J connectivity index is 2.15. The lowest BCUT2D eigenvalue weighted by Gasteiger charge is -2.25. The second-order valence-electron chi connectivity index (χ2n) is 5.24. The van der Waals surface area contributed by atoms with Crippen LogP contribution in [0.4, 0.5) is 10.8 Å². The second-order valence-corrected chi connectivity index (χ2v) is 6.01. The van der Waals surface area contributed by atoms with Gasteiger partial charge in [-0.15, -0.1) is 0 Å². The highest BCUT2D eigenvalue weighted by atomic mass is 32.1. The largest absolute Gasteiger partial charge is 0.382 e. The molecule has 0 aliphatic heterocycles. The SMILES string of the molecule is CC(C)(CNc1snc(N)c1C(N)=O)c1ccccc1. The molecule has 0 atom stereocenters. The van der Waals surface area contributed by atoms with Crippen molar-refractivity contribution in [3.63, 3.8) is 0 Å². The summed E-state index contributed by atoms with van der Waals surface area (Å²) in [4.78, 5) is 11.4. The van der Waals surface area contributed by atoms with Crippen LogP contribution < -0.4 is 16.8 Å². The summed E-state index contributed by atoms with van der Waals surface area (Å²) in [6.07, 6.45) is 0. The second kappa shape index (κ2) is 5.50. The Labute approximate surface area is 122 Å². The molecule has 1 heterocycles. The molecule has 1 aromatic carbocycles. The Morgan fingerprint density at radius 2 is 2.00 bits per heavy atom. The lowest BCUT2D eigenvalue weighted by atomic mass is 9.85. The quantitative estimate of drug-likeness (QED) is 0.787. The van der Waals surface area contributed by atoms with Gasteiger partial charge in [-0.05, 0) is 17.1 Å². The van der Waals surface area contributed by atoms with Gasteiger partial charge in [-0.2, -0.15) is 4.37 Å². The maximum atomic E-state index is 11.4. The molecule has 0 saturated carbocycles. The smallest absolute Gasteiger partial charge is 0.255 e. The van der Waals surface area contributed by atoms with E-state index in [1.54, 1.807) is 0 Å². The number of hydrogen-bond donors (Lipinski definition) is 3. The van der Waals surface area contributed by atoms with Crippen LogP contribution in [0.2, 0.25) is 0 Å². The van der Waals surface area contributed by atoms with E-state index >= 15 is 0 Å². The zero-order valence-electron chi connectivity index (χ0n) is 11.5. The van der Waals surface area contributed by atoms with Gasteiger partial charge in [-0.1, -0.05) is 44.2 Å². The number of primary amides is 1. The number of rotatable bonds is 5. The van der Waals surface area contributed by atoms with Crippen LogP contribution in [0.15, 0.2) is 30.3 Å². The van der Waals surface area contributed by atoms with Crippen LogP contribution in [-0.4, -0.2) is 16.8 Å². The first-order valence-corrected chi connectivity index (χ1v) is 7.03. The number of nitrogens with two attached hydrogens (primary N) is 2. The zero-order chi connectivity index (χ0) is 14.8. The summed E-state index contributed by atoms with van der Waals surface area (Å²) in [6, 6.07) is 10.2. The number of anilines is 2. The highest BCUT2D eigenvalue weighted by Crippen LogP contribution is 2.29. The molecule has 106 valence electrons. The molecular weight excluding hydrogens is 272 g/mol. The first-order chi connectivity index (χ1) is 9.42. The van der Waals surface area contributed by atoms with Crippen molar-refractivity contribution in [1.29, 1.82) is 0 Å². The molecule has 2 aromatic rings. The lowest BCUT2D eigenvalue weighted by Crippen LogP contribution is -2.28. The highest BCUT2D eigenvalue weighted by molar-refractivity contribution is 7.11. The number of nitrogen functional groups attached to an aromatic ring is 1. The monoisotopic (exact) mass is 290 g/mol. The van der Waals surface area contributed by atoms with Crippen LogP contribution in [0.25, 0.3) is 0 Å². The van der Waals surface area contributed by atoms with Crippen molar-refractivity contribution >= 4 is 28.3 Å². The normalized spacial score (nSPS) is 11.3. The van der Waals surface area contributed by atoms with E-state index < -0.39 is 5.91 Å². The van der Waals surface area contributed by atoms with Crippen molar-refractivity contribution in [2.75, 3.05) is 17.6 Å². The minimum atomic E-state index is -0.559. The summed E-state index contributed by atoms with van der Waals surface area (Å²) in [7, 11) is 0. The van der Waals surface area contributed by atoms with Crippen LogP contribution in [0, 0.1) is 0 Å². The number of amides is 1. The van der Waals surface area contributed by atoms with Crippen molar-refractivity contribution < 1.29 is 4.79 Å². The maximum absolute atomic E-state index is 11.4. The Kier molecular flexibility index (Phi) is 3.94. The third-order valence-corrected chi connectivity index (χ3v) is 4.03. The van der Waals surface area contributed by atoms with Gasteiger partial charge in [-0.25, -0.2) is 0 Å². The van der Waals surface area contributed by atoms with Gasteiger partial charge in [0, 0.05) is 12.0 Å². The van der Waals surface area contributed by atoms with E-state index in [-0.39, 0.29) is 16.8 Å². The van der Waals surface area contributed by atoms with Gasteiger partial charge in [0.1, 0.15) is 10.6 Å². The summed E-state index contributed by atoms with van der Waals surface area (Å²) in [5, 5.41) is 3.85. The fourth-order valence-corrected chi connectivity index (χ4v) is 2.67. The summed E-state index contributed by atoms with van der Waals surface area (Å²) in [5.74, 6) is -0.376. The van der Waals surface area contributed by atoms with Gasteiger partial charge >= 0.3 is 0 Å². The van der Waals surface area contributed by atoms with E-state index in [1.807, 2.05) is 18.2 Å². The van der Waals surface area contributed by atoms with Crippen LogP contribution in [0.5, 0.6) is 0 Å². The standard InChI is InChI=1S/C14H18N4OS/c1-14(2,9-6-4-3-5-7-9)8-17-13-10(12(16)19)11(15)18-20-13/h3-7,17H,8H2,1-2H3,(H2,15,18)(H2,16,19). The topological polar surface area (TPSA) is 94.0 Å². The first kappa shape index (κ1) is 14.3. The highest BCUT2D eigenvalue weighted by Gasteiger charge is 2.23. The summed E-state index contributed by atoms with van der Waals surface area (Å²) < 4.78 is 3.97. The minimum Gasteiger partial charge on any atom is -0.382 e. The molecule has 0 radical (unpaired) electrons. The average molecular weight is 290 g/mol. The molecular formula is C14H18N4OS. The molecule has 0 aliphatic rings. The number of nitrogens with zero attached hydrogens (tertiary/aromatic N) is 1. The molecule has 0 aliphatic carbocycles. The van der Waals surface area contributed by atoms with E-state index in [1.165, 1.54) is 5.56 Å². The predicted molar refractivity (Wildman–Crippen MR) is 83.0 cm³/mol. The van der Waals surface area contributed by atoms with Crippen molar-refractivity contribution in [3.8, 4) is 0 Å². The summed E-state index contributed by atoms with van der Waals surface area (Å²) >= 11 is 1.15. The van der Waals surface area contributed by atoms with Crippen LogP contribution in [0.1, 0.15) is 29.8 Å². The Bertz CT molecular complexity index is 607. The van der Waals surface area contributed by atoms with E-state index in [0.717, 1.165) is 11.5 Å². The molecule has 2 rings (SSSR count). The Hall–Kier alpha value is -2.08. The van der Waals surface area contributed by atoms with Gasteiger partial charge in [0.2, 0.25) is 0 Å². The molecule has 0 fully saturated rings. The Morgan fingerprint density at radius 3 is 2.60 bits per heavy atom. The van der Waals surface area contributed by atoms with Crippen molar-refractivity contribution in [3.05, 3.63) is 41.5 Å². The Morgan fingerprint density at radius 1 is 1.35 bits per heavy atom. The molecule has 0 saturated heterocycles. The van der Waals surface area contributed by atoms with Crippen LogP contribution in [0.3, 0.4) is 0 Å². The van der Waals surface area contributed by atoms with Gasteiger partial charge in [0.15, 0.2) is 5.82 Å². The molecule has 1 amide bonds. The third kappa shape index (κ3) is 2.91. The van der Waals surface area contributed by atoms with Crippen molar-refractivity contribution in [2.45, 2.75) is 19.3 Å². The zero-order valence-corrected chi connectivity index (χ0v) is 12.3. The molecule has 0 bridgehead atoms. The number of carbonyl (C=O) groups excluding carboxylic acids is 1. The number of carbonyl (C=O) groups is 1. The van der Waals surface area contributed by atoms with Crippen molar-refractivity contribution in [1.82, 2.24) is 4.37 Å². The lowest BCUT2D eigenvalue weighted by molar-refractivity contribution is 0.100. The molecule has 0 spiro atoms. The van der Waals surface area contributed by atoms with E-state index in [0.29, 0.717) is 11.5 Å². The molecule has 0 unspecified atom stereocenters. The van der Waals surface area contributed by atoms with Crippen molar-refractivity contribution in [2.24, 2.45) is 5.73 Å². The van der Waals surface area contributed by atoms with Crippen LogP contribution >= 0.6 is 11.5 Å². The van der Waals surface area contributed by atoms with Gasteiger partial charge in [0.25, 0.3) is 5.91 Å². The fraction of sp³-hybridized carbons (Fsp3) is 0.286. The van der Waals surface area contributed by atoms with E-state index in [2.05, 4.69) is 35.7 Å². The van der Waals surface area contributed by atoms with E-state index in [4.69, 9.17) is 11.5 Å². The maximum Gasteiger partial charge on any atom is 0.255 e. The van der Waals surface area contributed by atoms with Gasteiger partial charge < -0.3 is 16.8 Å². The number of hydrogen-bond acceptors (Lipinski definition) is 5. The number of aromatic nitrogens is 1. The average Bonchev–Trinajstić information content (AvgIpc) is 2.79. The number of nitrogens with one attached hydrogen (secondary N) is 1. The molecule has 1 aromatic heterocycles. The van der Waals surface area contributed by atoms with E-state index in [9.17, 15) is 4.79 Å². The predicted octanol–water partition coefficient (Wildman–Crippen LogP) is 2.21. The first-order valence-electron chi connectivity index (χ1n) is 6.26. The summed E-state index contributed by atoms with van der Waals surface area (Å²) in [6.45, 7) is 4.91. The molecule has 5 nitrogen and oxygen atoms in total.